The Balaban J connectivity index is 0.00000361. The lowest BCUT2D eigenvalue weighted by Gasteiger charge is -2.13. The predicted octanol–water partition coefficient (Wildman–Crippen LogP) is 2.38. The lowest BCUT2D eigenvalue weighted by molar-refractivity contribution is 0.682. The molecule has 0 aliphatic carbocycles. The van der Waals surface area contributed by atoms with Crippen molar-refractivity contribution < 1.29 is 4.21 Å². The highest BCUT2D eigenvalue weighted by molar-refractivity contribution is 14.0. The van der Waals surface area contributed by atoms with Crippen LogP contribution in [0, 0.1) is 0 Å². The molecule has 2 N–H and O–H groups in total. The topological polar surface area (TPSA) is 53.5 Å². The van der Waals surface area contributed by atoms with Gasteiger partial charge in [0.25, 0.3) is 0 Å². The Morgan fingerprint density at radius 1 is 1.30 bits per heavy atom. The number of rotatable bonds is 6. The number of halogens is 1. The van der Waals surface area contributed by atoms with E-state index in [1.165, 1.54) is 0 Å². The second-order valence-electron chi connectivity index (χ2n) is 4.42. The summed E-state index contributed by atoms with van der Waals surface area (Å²) in [4.78, 5) is 5.28. The minimum absolute atomic E-state index is 0. The Kier molecular flexibility index (Phi) is 10.7. The normalized spacial score (nSPS) is 12.7. The van der Waals surface area contributed by atoms with Crippen LogP contribution in [0.3, 0.4) is 0 Å². The molecular formula is C14H24IN3OS. The van der Waals surface area contributed by atoms with Gasteiger partial charge in [0.05, 0.1) is 17.3 Å². The molecule has 0 bridgehead atoms. The third-order valence-electron chi connectivity index (χ3n) is 2.32. The van der Waals surface area contributed by atoms with Gasteiger partial charge in [-0.2, -0.15) is 0 Å². The summed E-state index contributed by atoms with van der Waals surface area (Å²) in [5, 5.41) is 6.40. The Labute approximate surface area is 141 Å². The fraction of sp³-hybridized carbons (Fsp3) is 0.500. The van der Waals surface area contributed by atoms with Gasteiger partial charge in [-0.15, -0.1) is 24.0 Å². The van der Waals surface area contributed by atoms with Gasteiger partial charge in [0, 0.05) is 23.2 Å². The van der Waals surface area contributed by atoms with Crippen molar-refractivity contribution in [3.63, 3.8) is 0 Å². The number of hydrogen-bond acceptors (Lipinski definition) is 2. The first-order valence-electron chi connectivity index (χ1n) is 6.61. The van der Waals surface area contributed by atoms with E-state index in [-0.39, 0.29) is 24.0 Å². The maximum Gasteiger partial charge on any atom is 0.191 e. The standard InChI is InChI=1S/C14H23N3OS.HI/c1-4-15-14(17-12(2)3)16-10-11-19(18)13-8-6-5-7-9-13;/h5-9,12H,4,10-11H2,1-3H3,(H2,15,16,17);1H. The van der Waals surface area contributed by atoms with Crippen LogP contribution in [0.25, 0.3) is 0 Å². The molecule has 1 unspecified atom stereocenters. The summed E-state index contributed by atoms with van der Waals surface area (Å²) in [5.41, 5.74) is 0. The van der Waals surface area contributed by atoms with Crippen molar-refractivity contribution in [3.8, 4) is 0 Å². The van der Waals surface area contributed by atoms with Crippen LogP contribution in [0.15, 0.2) is 40.2 Å². The number of benzene rings is 1. The number of nitrogens with zero attached hydrogens (tertiary/aromatic N) is 1. The quantitative estimate of drug-likeness (QED) is 0.431. The van der Waals surface area contributed by atoms with Crippen molar-refractivity contribution in [2.45, 2.75) is 31.7 Å². The molecule has 0 fully saturated rings. The van der Waals surface area contributed by atoms with Gasteiger partial charge in [-0.1, -0.05) is 18.2 Å². The van der Waals surface area contributed by atoms with Gasteiger partial charge < -0.3 is 10.6 Å². The van der Waals surface area contributed by atoms with Crippen LogP contribution in [0.1, 0.15) is 20.8 Å². The molecule has 6 heteroatoms. The molecule has 1 atom stereocenters. The molecule has 114 valence electrons. The van der Waals surface area contributed by atoms with E-state index in [0.29, 0.717) is 18.3 Å². The van der Waals surface area contributed by atoms with Gasteiger partial charge in [0.15, 0.2) is 5.96 Å². The van der Waals surface area contributed by atoms with Crippen molar-refractivity contribution in [2.75, 3.05) is 18.8 Å². The summed E-state index contributed by atoms with van der Waals surface area (Å²) in [5.74, 6) is 1.32. The van der Waals surface area contributed by atoms with Gasteiger partial charge >= 0.3 is 0 Å². The minimum Gasteiger partial charge on any atom is -0.357 e. The van der Waals surface area contributed by atoms with Gasteiger partial charge in [0.1, 0.15) is 0 Å². The van der Waals surface area contributed by atoms with Crippen LogP contribution in [0.2, 0.25) is 0 Å². The third kappa shape index (κ3) is 7.84. The van der Waals surface area contributed by atoms with Crippen molar-refractivity contribution >= 4 is 40.7 Å². The molecule has 1 rings (SSSR count). The van der Waals surface area contributed by atoms with Gasteiger partial charge in [-0.3, -0.25) is 9.20 Å². The maximum atomic E-state index is 12.0. The van der Waals surface area contributed by atoms with Crippen LogP contribution in [0.4, 0.5) is 0 Å². The molecule has 0 spiro atoms. The average molecular weight is 409 g/mol. The third-order valence-corrected chi connectivity index (χ3v) is 3.67. The maximum absolute atomic E-state index is 12.0. The molecule has 0 radical (unpaired) electrons. The van der Waals surface area contributed by atoms with Crippen molar-refractivity contribution in [1.82, 2.24) is 10.6 Å². The number of nitrogens with one attached hydrogen (secondary N) is 2. The molecule has 20 heavy (non-hydrogen) atoms. The van der Waals surface area contributed by atoms with Crippen molar-refractivity contribution in [1.29, 1.82) is 0 Å². The van der Waals surface area contributed by atoms with E-state index < -0.39 is 10.8 Å². The van der Waals surface area contributed by atoms with Crippen molar-refractivity contribution in [2.24, 2.45) is 4.99 Å². The van der Waals surface area contributed by atoms with Gasteiger partial charge in [0.2, 0.25) is 0 Å². The second kappa shape index (κ2) is 11.1. The zero-order valence-corrected chi connectivity index (χ0v) is 15.4. The molecule has 1 aromatic rings. The number of hydrogen-bond donors (Lipinski definition) is 2. The van der Waals surface area contributed by atoms with Crippen LogP contribution in [0.5, 0.6) is 0 Å². The molecular weight excluding hydrogens is 385 g/mol. The van der Waals surface area contributed by atoms with E-state index in [0.717, 1.165) is 17.4 Å². The summed E-state index contributed by atoms with van der Waals surface area (Å²) < 4.78 is 12.0. The zero-order chi connectivity index (χ0) is 14.1. The zero-order valence-electron chi connectivity index (χ0n) is 12.3. The molecule has 0 saturated carbocycles. The molecule has 4 nitrogen and oxygen atoms in total. The van der Waals surface area contributed by atoms with Crippen LogP contribution >= 0.6 is 24.0 Å². The van der Waals surface area contributed by atoms with E-state index in [9.17, 15) is 4.21 Å². The first kappa shape index (κ1) is 19.4. The van der Waals surface area contributed by atoms with Crippen LogP contribution < -0.4 is 10.6 Å². The smallest absolute Gasteiger partial charge is 0.191 e. The fourth-order valence-electron chi connectivity index (χ4n) is 1.52. The Bertz CT molecular complexity index is 424. The van der Waals surface area contributed by atoms with Gasteiger partial charge in [-0.05, 0) is 32.9 Å². The van der Waals surface area contributed by atoms with E-state index in [4.69, 9.17) is 0 Å². The highest BCUT2D eigenvalue weighted by atomic mass is 127. The molecule has 0 aliphatic rings. The fourth-order valence-corrected chi connectivity index (χ4v) is 2.48. The molecule has 0 aliphatic heterocycles. The Morgan fingerprint density at radius 3 is 2.50 bits per heavy atom. The monoisotopic (exact) mass is 409 g/mol. The largest absolute Gasteiger partial charge is 0.357 e. The summed E-state index contributed by atoms with van der Waals surface area (Å²) >= 11 is 0. The van der Waals surface area contributed by atoms with Crippen LogP contribution in [-0.4, -0.2) is 35.1 Å². The average Bonchev–Trinajstić information content (AvgIpc) is 2.39. The molecule has 0 saturated heterocycles. The highest BCUT2D eigenvalue weighted by Gasteiger charge is 2.03. The molecule has 0 amide bonds. The minimum atomic E-state index is -0.979. The first-order valence-corrected chi connectivity index (χ1v) is 7.93. The summed E-state index contributed by atoms with van der Waals surface area (Å²) in [6, 6.07) is 9.84. The molecule has 0 heterocycles. The molecule has 1 aromatic carbocycles. The highest BCUT2D eigenvalue weighted by Crippen LogP contribution is 2.04. The molecule has 0 aromatic heterocycles. The lowest BCUT2D eigenvalue weighted by Crippen LogP contribution is -2.41. The van der Waals surface area contributed by atoms with Crippen LogP contribution in [-0.2, 0) is 10.8 Å². The SMILES string of the molecule is CCNC(=NCCS(=O)c1ccccc1)NC(C)C.I. The van der Waals surface area contributed by atoms with Crippen molar-refractivity contribution in [3.05, 3.63) is 30.3 Å². The van der Waals surface area contributed by atoms with E-state index in [1.54, 1.807) is 0 Å². The summed E-state index contributed by atoms with van der Waals surface area (Å²) in [6.45, 7) is 7.52. The van der Waals surface area contributed by atoms with E-state index in [1.807, 2.05) is 37.3 Å². The van der Waals surface area contributed by atoms with E-state index in [2.05, 4.69) is 29.5 Å². The first-order chi connectivity index (χ1) is 9.13. The second-order valence-corrected chi connectivity index (χ2v) is 5.99. The van der Waals surface area contributed by atoms with E-state index >= 15 is 0 Å². The summed E-state index contributed by atoms with van der Waals surface area (Å²) in [7, 11) is -0.979. The number of aliphatic imine (C=N–C) groups is 1. The lowest BCUT2D eigenvalue weighted by atomic mass is 10.4. The predicted molar refractivity (Wildman–Crippen MR) is 97.4 cm³/mol. The van der Waals surface area contributed by atoms with Gasteiger partial charge in [-0.25, -0.2) is 0 Å². The number of guanidine groups is 1. The Hall–Kier alpha value is -0.630. The summed E-state index contributed by atoms with van der Waals surface area (Å²) in [6.07, 6.45) is 0. The Morgan fingerprint density at radius 2 is 1.95 bits per heavy atom.